The molecular weight excluding hydrogens is 408 g/mol. The van der Waals surface area contributed by atoms with Gasteiger partial charge < -0.3 is 9.84 Å². The summed E-state index contributed by atoms with van der Waals surface area (Å²) in [6.45, 7) is 3.71. The Bertz CT molecular complexity index is 1020. The lowest BCUT2D eigenvalue weighted by Gasteiger charge is -2.06. The number of aromatic hydroxyl groups is 1. The molecule has 3 rings (SSSR count). The van der Waals surface area contributed by atoms with Crippen molar-refractivity contribution in [1.29, 1.82) is 0 Å². The highest BCUT2D eigenvalue weighted by atomic mass is 79.9. The normalized spacial score (nSPS) is 11.1. The average Bonchev–Trinajstić information content (AvgIpc) is 2.97. The Balaban J connectivity index is 1.92. The first-order valence-electron chi connectivity index (χ1n) is 8.33. The van der Waals surface area contributed by atoms with E-state index in [9.17, 15) is 9.90 Å². The van der Waals surface area contributed by atoms with Crippen LogP contribution in [0.2, 0.25) is 0 Å². The largest absolute Gasteiger partial charge is 0.503 e. The van der Waals surface area contributed by atoms with E-state index >= 15 is 0 Å². The molecule has 1 N–H and O–H groups in total. The molecule has 0 atom stereocenters. The fraction of sp³-hybridized carbons (Fsp3) is 0.143. The monoisotopic (exact) mass is 426 g/mol. The van der Waals surface area contributed by atoms with Crippen LogP contribution in [0.3, 0.4) is 0 Å². The van der Waals surface area contributed by atoms with Crippen LogP contribution >= 0.6 is 15.9 Å². The fourth-order valence-corrected chi connectivity index (χ4v) is 3.38. The van der Waals surface area contributed by atoms with Crippen molar-refractivity contribution in [1.82, 2.24) is 9.78 Å². The Kier molecular flexibility index (Phi) is 5.46. The number of para-hydroxylation sites is 1. The fourth-order valence-electron chi connectivity index (χ4n) is 2.92. The molecule has 0 aliphatic heterocycles. The average molecular weight is 427 g/mol. The molecule has 0 spiro atoms. The van der Waals surface area contributed by atoms with Gasteiger partial charge >= 0.3 is 0 Å². The third kappa shape index (κ3) is 3.80. The number of rotatable bonds is 5. The summed E-state index contributed by atoms with van der Waals surface area (Å²) in [5.74, 6) is 0.230. The first-order valence-corrected chi connectivity index (χ1v) is 9.12. The lowest BCUT2D eigenvalue weighted by molar-refractivity contribution is 0.104. The standard InChI is InChI=1S/C21H19BrN2O3/c1-13-20(14(2)24(23-13)16-7-5-4-6-8-16)18(25)10-9-15-11-17(22)21(26)19(12-15)27-3/h4-12,26H,1-3H3/b10-9+. The summed E-state index contributed by atoms with van der Waals surface area (Å²) in [5.41, 5.74) is 3.69. The van der Waals surface area contributed by atoms with Crippen molar-refractivity contribution in [2.24, 2.45) is 0 Å². The molecule has 0 amide bonds. The van der Waals surface area contributed by atoms with Crippen LogP contribution < -0.4 is 4.74 Å². The van der Waals surface area contributed by atoms with Gasteiger partial charge in [-0.25, -0.2) is 4.68 Å². The second-order valence-electron chi connectivity index (χ2n) is 6.04. The molecule has 27 heavy (non-hydrogen) atoms. The Labute approximate surface area is 166 Å². The van der Waals surface area contributed by atoms with Crippen LogP contribution in [-0.4, -0.2) is 27.8 Å². The molecule has 0 aliphatic rings. The van der Waals surface area contributed by atoms with Crippen LogP contribution in [0.15, 0.2) is 53.0 Å². The van der Waals surface area contributed by atoms with Crippen molar-refractivity contribution >= 4 is 27.8 Å². The van der Waals surface area contributed by atoms with Gasteiger partial charge in [0, 0.05) is 0 Å². The second-order valence-corrected chi connectivity index (χ2v) is 6.90. The molecular formula is C21H19BrN2O3. The molecule has 5 nitrogen and oxygen atoms in total. The molecule has 0 aliphatic carbocycles. The van der Waals surface area contributed by atoms with Gasteiger partial charge in [-0.3, -0.25) is 4.79 Å². The maximum atomic E-state index is 12.8. The Morgan fingerprint density at radius 2 is 1.93 bits per heavy atom. The smallest absolute Gasteiger partial charge is 0.189 e. The predicted molar refractivity (Wildman–Crippen MR) is 109 cm³/mol. The van der Waals surface area contributed by atoms with Crippen molar-refractivity contribution in [2.75, 3.05) is 7.11 Å². The number of allylic oxidation sites excluding steroid dienone is 1. The van der Waals surface area contributed by atoms with E-state index in [1.807, 2.05) is 44.2 Å². The SMILES string of the molecule is COc1cc(/C=C/C(=O)c2c(C)nn(-c3ccccc3)c2C)cc(Br)c1O. The van der Waals surface area contributed by atoms with Gasteiger partial charge in [0.05, 0.1) is 34.2 Å². The number of halogens is 1. The third-order valence-corrected chi connectivity index (χ3v) is 4.84. The molecule has 138 valence electrons. The van der Waals surface area contributed by atoms with E-state index in [0.717, 1.165) is 16.9 Å². The van der Waals surface area contributed by atoms with Crippen LogP contribution in [-0.2, 0) is 0 Å². The lowest BCUT2D eigenvalue weighted by atomic mass is 10.1. The van der Waals surface area contributed by atoms with Gasteiger partial charge in [-0.15, -0.1) is 0 Å². The predicted octanol–water partition coefficient (Wildman–Crippen LogP) is 4.86. The number of hydrogen-bond donors (Lipinski definition) is 1. The highest BCUT2D eigenvalue weighted by Crippen LogP contribution is 2.35. The minimum absolute atomic E-state index is 0.0248. The maximum absolute atomic E-state index is 12.8. The van der Waals surface area contributed by atoms with Gasteiger partial charge in [0.15, 0.2) is 17.3 Å². The van der Waals surface area contributed by atoms with Crippen LogP contribution in [0.4, 0.5) is 0 Å². The minimum Gasteiger partial charge on any atom is -0.503 e. The van der Waals surface area contributed by atoms with Gasteiger partial charge in [0.25, 0.3) is 0 Å². The molecule has 0 bridgehead atoms. The van der Waals surface area contributed by atoms with Crippen molar-refractivity contribution in [3.63, 3.8) is 0 Å². The number of aromatic nitrogens is 2. The van der Waals surface area contributed by atoms with Crippen LogP contribution in [0.1, 0.15) is 27.3 Å². The summed E-state index contributed by atoms with van der Waals surface area (Å²) >= 11 is 3.28. The molecule has 0 fully saturated rings. The van der Waals surface area contributed by atoms with Gasteiger partial charge in [-0.05, 0) is 65.7 Å². The van der Waals surface area contributed by atoms with Crippen LogP contribution in [0.5, 0.6) is 11.5 Å². The zero-order valence-electron chi connectivity index (χ0n) is 15.2. The first kappa shape index (κ1) is 18.9. The van der Waals surface area contributed by atoms with Gasteiger partial charge in [-0.2, -0.15) is 5.10 Å². The highest BCUT2D eigenvalue weighted by molar-refractivity contribution is 9.10. The number of hydrogen-bond acceptors (Lipinski definition) is 4. The molecule has 2 aromatic carbocycles. The molecule has 1 heterocycles. The van der Waals surface area contributed by atoms with Gasteiger partial charge in [0.2, 0.25) is 0 Å². The molecule has 3 aromatic rings. The highest BCUT2D eigenvalue weighted by Gasteiger charge is 2.17. The third-order valence-electron chi connectivity index (χ3n) is 4.24. The van der Waals surface area contributed by atoms with Crippen molar-refractivity contribution in [3.05, 3.63) is 75.5 Å². The Morgan fingerprint density at radius 3 is 2.59 bits per heavy atom. The second kappa shape index (κ2) is 7.80. The van der Waals surface area contributed by atoms with Crippen molar-refractivity contribution < 1.29 is 14.6 Å². The van der Waals surface area contributed by atoms with E-state index in [2.05, 4.69) is 21.0 Å². The number of ketones is 1. The Morgan fingerprint density at radius 1 is 1.22 bits per heavy atom. The molecule has 1 aromatic heterocycles. The first-order chi connectivity index (χ1) is 12.9. The van der Waals surface area contributed by atoms with E-state index in [1.54, 1.807) is 22.9 Å². The number of carbonyl (C=O) groups excluding carboxylic acids is 1. The van der Waals surface area contributed by atoms with E-state index in [1.165, 1.54) is 13.2 Å². The molecule has 6 heteroatoms. The number of aryl methyl sites for hydroxylation is 1. The number of methoxy groups -OCH3 is 1. The van der Waals surface area contributed by atoms with E-state index < -0.39 is 0 Å². The van der Waals surface area contributed by atoms with Gasteiger partial charge in [-0.1, -0.05) is 24.3 Å². The molecule has 0 saturated carbocycles. The van der Waals surface area contributed by atoms with Gasteiger partial charge in [0.1, 0.15) is 0 Å². The molecule has 0 radical (unpaired) electrons. The quantitative estimate of drug-likeness (QED) is 0.467. The van der Waals surface area contributed by atoms with E-state index in [4.69, 9.17) is 4.74 Å². The van der Waals surface area contributed by atoms with E-state index in [-0.39, 0.29) is 11.5 Å². The van der Waals surface area contributed by atoms with Crippen molar-refractivity contribution in [2.45, 2.75) is 13.8 Å². The number of nitrogens with zero attached hydrogens (tertiary/aromatic N) is 2. The summed E-state index contributed by atoms with van der Waals surface area (Å²) < 4.78 is 7.41. The molecule has 0 saturated heterocycles. The lowest BCUT2D eigenvalue weighted by Crippen LogP contribution is -2.01. The van der Waals surface area contributed by atoms with E-state index in [0.29, 0.717) is 21.5 Å². The Hall–Kier alpha value is -2.86. The number of carbonyl (C=O) groups is 1. The topological polar surface area (TPSA) is 64.3 Å². The van der Waals surface area contributed by atoms with Crippen LogP contribution in [0.25, 0.3) is 11.8 Å². The summed E-state index contributed by atoms with van der Waals surface area (Å²) in [4.78, 5) is 12.8. The number of benzene rings is 2. The summed E-state index contributed by atoms with van der Waals surface area (Å²) in [5, 5.41) is 14.4. The summed E-state index contributed by atoms with van der Waals surface area (Å²) in [6, 6.07) is 13.1. The summed E-state index contributed by atoms with van der Waals surface area (Å²) in [6.07, 6.45) is 3.19. The summed E-state index contributed by atoms with van der Waals surface area (Å²) in [7, 11) is 1.48. The minimum atomic E-state index is -0.129. The number of phenols is 1. The number of phenolic OH excluding ortho intramolecular Hbond substituents is 1. The van der Waals surface area contributed by atoms with Crippen molar-refractivity contribution in [3.8, 4) is 17.2 Å². The zero-order chi connectivity index (χ0) is 19.6. The zero-order valence-corrected chi connectivity index (χ0v) is 16.8. The van der Waals surface area contributed by atoms with Crippen LogP contribution in [0, 0.1) is 13.8 Å². The maximum Gasteiger partial charge on any atom is 0.189 e. The molecule has 0 unspecified atom stereocenters. The number of ether oxygens (including phenoxy) is 1.